The van der Waals surface area contributed by atoms with Gasteiger partial charge in [-0.1, -0.05) is 23.7 Å². The van der Waals surface area contributed by atoms with Crippen molar-refractivity contribution < 1.29 is 23.1 Å². The molecule has 0 bridgehead atoms. The van der Waals surface area contributed by atoms with Crippen molar-refractivity contribution in [3.05, 3.63) is 69.6 Å². The van der Waals surface area contributed by atoms with Crippen molar-refractivity contribution in [2.75, 3.05) is 6.61 Å². The van der Waals surface area contributed by atoms with Crippen LogP contribution >= 0.6 is 11.6 Å². The molecule has 0 aliphatic carbocycles. The van der Waals surface area contributed by atoms with Gasteiger partial charge in [-0.15, -0.1) is 0 Å². The molecule has 0 radical (unpaired) electrons. The molecular weight excluding hydrogens is 390 g/mol. The molecule has 2 heterocycles. The van der Waals surface area contributed by atoms with Crippen LogP contribution in [0, 0.1) is 0 Å². The Morgan fingerprint density at radius 3 is 2.54 bits per heavy atom. The second-order valence-electron chi connectivity index (χ2n) is 6.30. The van der Waals surface area contributed by atoms with Gasteiger partial charge in [-0.25, -0.2) is 9.78 Å². The number of alkyl halides is 2. The number of hydrogen-bond donors (Lipinski definition) is 0. The summed E-state index contributed by atoms with van der Waals surface area (Å²) in [6, 6.07) is 9.39. The molecule has 0 unspecified atom stereocenters. The second kappa shape index (κ2) is 7.67. The predicted molar refractivity (Wildman–Crippen MR) is 100 cm³/mol. The fourth-order valence-corrected chi connectivity index (χ4v) is 3.12. The number of pyridine rings is 1. The highest BCUT2D eigenvalue weighted by molar-refractivity contribution is 6.30. The Morgan fingerprint density at radius 2 is 1.96 bits per heavy atom. The van der Waals surface area contributed by atoms with E-state index in [1.807, 2.05) is 0 Å². The zero-order valence-electron chi connectivity index (χ0n) is 15.2. The molecule has 0 saturated heterocycles. The zero-order chi connectivity index (χ0) is 20.5. The minimum Gasteiger partial charge on any atom is -0.462 e. The van der Waals surface area contributed by atoms with Crippen LogP contribution in [0.1, 0.15) is 51.6 Å². The van der Waals surface area contributed by atoms with E-state index in [-0.39, 0.29) is 35.6 Å². The minimum atomic E-state index is -3.24. The molecule has 0 aliphatic rings. The largest absolute Gasteiger partial charge is 0.462 e. The average Bonchev–Trinajstić information content (AvgIpc) is 3.02. The molecular formula is C20H17ClF2N2O3. The normalized spacial score (nSPS) is 11.6. The van der Waals surface area contributed by atoms with E-state index in [1.165, 1.54) is 16.5 Å². The van der Waals surface area contributed by atoms with E-state index in [9.17, 15) is 18.4 Å². The van der Waals surface area contributed by atoms with Gasteiger partial charge in [0.15, 0.2) is 6.29 Å². The molecule has 0 saturated carbocycles. The van der Waals surface area contributed by atoms with E-state index in [1.54, 1.807) is 31.2 Å². The fourth-order valence-electron chi connectivity index (χ4n) is 2.99. The summed E-state index contributed by atoms with van der Waals surface area (Å²) in [5.41, 5.74) is 0.628. The Hall–Kier alpha value is -2.80. The van der Waals surface area contributed by atoms with Crippen LogP contribution in [0.15, 0.2) is 36.4 Å². The van der Waals surface area contributed by atoms with E-state index in [0.717, 1.165) is 12.5 Å². The second-order valence-corrected chi connectivity index (χ2v) is 6.74. The van der Waals surface area contributed by atoms with E-state index in [2.05, 4.69) is 4.98 Å². The summed E-state index contributed by atoms with van der Waals surface area (Å²) >= 11 is 5.89. The predicted octanol–water partition coefficient (Wildman–Crippen LogP) is 4.68. The number of carbonyl (C=O) groups is 2. The maximum Gasteiger partial charge on any atom is 0.338 e. The number of ether oxygens (including phenoxy) is 1. The number of carbonyl (C=O) groups excluding carboxylic acids is 2. The summed E-state index contributed by atoms with van der Waals surface area (Å²) in [6.45, 7) is 2.54. The van der Waals surface area contributed by atoms with Crippen molar-refractivity contribution in [3.8, 4) is 0 Å². The number of halogens is 3. The van der Waals surface area contributed by atoms with E-state index >= 15 is 0 Å². The summed E-state index contributed by atoms with van der Waals surface area (Å²) in [6.07, 6.45) is 0.608. The van der Waals surface area contributed by atoms with Gasteiger partial charge < -0.3 is 4.74 Å². The Bertz CT molecular complexity index is 1040. The number of benzene rings is 1. The molecule has 0 amide bonds. The third-order valence-electron chi connectivity index (χ3n) is 4.18. The first kappa shape index (κ1) is 19.9. The first-order chi connectivity index (χ1) is 13.2. The zero-order valence-corrected chi connectivity index (χ0v) is 16.0. The topological polar surface area (TPSA) is 60.7 Å². The number of hydrogen-bond acceptors (Lipinski definition) is 4. The lowest BCUT2D eigenvalue weighted by Gasteiger charge is -2.12. The Balaban J connectivity index is 2.23. The van der Waals surface area contributed by atoms with Crippen LogP contribution < -0.4 is 0 Å². The maximum atomic E-state index is 14.3. The number of esters is 1. The average molecular weight is 407 g/mol. The monoisotopic (exact) mass is 406 g/mol. The molecule has 8 heteroatoms. The Kier molecular flexibility index (Phi) is 5.47. The molecule has 146 valence electrons. The smallest absolute Gasteiger partial charge is 0.338 e. The summed E-state index contributed by atoms with van der Waals surface area (Å²) in [4.78, 5) is 27.7. The molecule has 0 atom stereocenters. The van der Waals surface area contributed by atoms with Gasteiger partial charge in [0.05, 0.1) is 23.6 Å². The van der Waals surface area contributed by atoms with Crippen LogP contribution in [0.25, 0.3) is 5.65 Å². The van der Waals surface area contributed by atoms with Crippen molar-refractivity contribution in [2.24, 2.45) is 0 Å². The summed E-state index contributed by atoms with van der Waals surface area (Å²) < 4.78 is 34.8. The summed E-state index contributed by atoms with van der Waals surface area (Å²) in [5.74, 6) is -3.89. The van der Waals surface area contributed by atoms with Crippen molar-refractivity contribution in [1.82, 2.24) is 9.38 Å². The van der Waals surface area contributed by atoms with Gasteiger partial charge in [-0.3, -0.25) is 9.20 Å². The maximum absolute atomic E-state index is 14.3. The molecule has 0 N–H and O–H groups in total. The van der Waals surface area contributed by atoms with Gasteiger partial charge in [0, 0.05) is 18.4 Å². The fraction of sp³-hybridized carbons (Fsp3) is 0.250. The van der Waals surface area contributed by atoms with Crippen molar-refractivity contribution in [3.63, 3.8) is 0 Å². The number of fused-ring (bicyclic) bond motifs is 1. The molecule has 0 aliphatic heterocycles. The third kappa shape index (κ3) is 3.89. The van der Waals surface area contributed by atoms with Crippen molar-refractivity contribution in [1.29, 1.82) is 0 Å². The lowest BCUT2D eigenvalue weighted by atomic mass is 10.1. The highest BCUT2D eigenvalue weighted by Gasteiger charge is 2.33. The lowest BCUT2D eigenvalue weighted by Crippen LogP contribution is -2.13. The first-order valence-electron chi connectivity index (χ1n) is 8.55. The number of imidazole rings is 1. The Labute approximate surface area is 164 Å². The molecule has 2 aromatic heterocycles. The molecule has 0 spiro atoms. The molecule has 3 aromatic rings. The lowest BCUT2D eigenvalue weighted by molar-refractivity contribution is 0.0124. The van der Waals surface area contributed by atoms with Gasteiger partial charge in [0.2, 0.25) is 0 Å². The van der Waals surface area contributed by atoms with Crippen LogP contribution in [-0.2, 0) is 17.1 Å². The van der Waals surface area contributed by atoms with Crippen LogP contribution in [0.2, 0.25) is 5.02 Å². The molecule has 5 nitrogen and oxygen atoms in total. The van der Waals surface area contributed by atoms with Gasteiger partial charge in [-0.05, 0) is 36.8 Å². The van der Waals surface area contributed by atoms with Gasteiger partial charge >= 0.3 is 5.97 Å². The Morgan fingerprint density at radius 1 is 1.29 bits per heavy atom. The summed E-state index contributed by atoms with van der Waals surface area (Å²) in [7, 11) is 0. The molecule has 3 rings (SSSR count). The van der Waals surface area contributed by atoms with E-state index < -0.39 is 17.6 Å². The summed E-state index contributed by atoms with van der Waals surface area (Å²) in [5, 5.41) is 0.524. The van der Waals surface area contributed by atoms with Crippen LogP contribution in [-0.4, -0.2) is 28.2 Å². The van der Waals surface area contributed by atoms with Gasteiger partial charge in [0.25, 0.3) is 5.92 Å². The number of rotatable bonds is 6. The first-order valence-corrected chi connectivity index (χ1v) is 8.92. The van der Waals surface area contributed by atoms with E-state index in [4.69, 9.17) is 16.3 Å². The molecule has 1 aromatic carbocycles. The molecule has 28 heavy (non-hydrogen) atoms. The van der Waals surface area contributed by atoms with Crippen molar-refractivity contribution in [2.45, 2.75) is 26.2 Å². The highest BCUT2D eigenvalue weighted by atomic mass is 35.5. The van der Waals surface area contributed by atoms with E-state index in [0.29, 0.717) is 11.3 Å². The third-order valence-corrected chi connectivity index (χ3v) is 4.43. The quantitative estimate of drug-likeness (QED) is 0.440. The molecule has 0 fully saturated rings. The SMILES string of the molecule is CCOC(=O)c1cc(C=O)n2c(Cc3ccc(Cl)cc3)c(C(C)(F)F)nc2c1. The van der Waals surface area contributed by atoms with Crippen molar-refractivity contribution >= 4 is 29.5 Å². The van der Waals surface area contributed by atoms with Gasteiger partial charge in [-0.2, -0.15) is 8.78 Å². The highest BCUT2D eigenvalue weighted by Crippen LogP contribution is 2.32. The van der Waals surface area contributed by atoms with Crippen LogP contribution in [0.4, 0.5) is 8.78 Å². The number of aromatic nitrogens is 2. The number of aldehydes is 1. The van der Waals surface area contributed by atoms with Crippen LogP contribution in [0.5, 0.6) is 0 Å². The minimum absolute atomic E-state index is 0.0347. The standard InChI is InChI=1S/C20H17ClF2N2O3/c1-3-28-19(27)13-9-15(11-26)25-16(8-12-4-6-14(21)7-5-12)18(20(2,22)23)24-17(25)10-13/h4-7,9-11H,3,8H2,1-2H3. The van der Waals surface area contributed by atoms with Gasteiger partial charge in [0.1, 0.15) is 11.3 Å². The van der Waals surface area contributed by atoms with Crippen LogP contribution in [0.3, 0.4) is 0 Å². The number of nitrogens with zero attached hydrogens (tertiary/aromatic N) is 2.